The second-order valence-corrected chi connectivity index (χ2v) is 7.89. The van der Waals surface area contributed by atoms with E-state index in [0.29, 0.717) is 11.6 Å². The standard InChI is InChI=1S/C23H27N5O2/c1-16(2)28-15-21(17-6-4-3-5-7-17)25-23(28)26-22(30)20-14-18(8-11-24-20)27-12-9-19(29)10-13-27/h3-8,11,14-16,19,29H,9-10,12-13H2,1-2H3,(H,25,26,30). The first kappa shape index (κ1) is 20.1. The summed E-state index contributed by atoms with van der Waals surface area (Å²) in [5.74, 6) is 0.211. The molecule has 1 amide bonds. The summed E-state index contributed by atoms with van der Waals surface area (Å²) in [7, 11) is 0. The molecule has 156 valence electrons. The Hall–Kier alpha value is -3.19. The van der Waals surface area contributed by atoms with E-state index < -0.39 is 0 Å². The van der Waals surface area contributed by atoms with Crippen LogP contribution in [0.3, 0.4) is 0 Å². The number of anilines is 2. The Morgan fingerprint density at radius 2 is 1.90 bits per heavy atom. The number of hydrogen-bond donors (Lipinski definition) is 2. The van der Waals surface area contributed by atoms with E-state index in [9.17, 15) is 9.90 Å². The molecular weight excluding hydrogens is 378 g/mol. The molecule has 0 atom stereocenters. The highest BCUT2D eigenvalue weighted by Gasteiger charge is 2.20. The molecule has 1 aromatic carbocycles. The Labute approximate surface area is 176 Å². The van der Waals surface area contributed by atoms with Gasteiger partial charge in [0.25, 0.3) is 5.91 Å². The SMILES string of the molecule is CC(C)n1cc(-c2ccccc2)nc1NC(=O)c1cc(N2CCC(O)CC2)ccn1. The monoisotopic (exact) mass is 405 g/mol. The van der Waals surface area contributed by atoms with Crippen molar-refractivity contribution in [1.82, 2.24) is 14.5 Å². The Morgan fingerprint density at radius 1 is 1.17 bits per heavy atom. The molecule has 1 fully saturated rings. The smallest absolute Gasteiger partial charge is 0.276 e. The van der Waals surface area contributed by atoms with Crippen LogP contribution >= 0.6 is 0 Å². The Morgan fingerprint density at radius 3 is 2.60 bits per heavy atom. The van der Waals surface area contributed by atoms with Crippen LogP contribution in [0.15, 0.2) is 54.9 Å². The maximum Gasteiger partial charge on any atom is 0.276 e. The molecule has 0 unspecified atom stereocenters. The van der Waals surface area contributed by atoms with Gasteiger partial charge in [-0.15, -0.1) is 0 Å². The first-order valence-electron chi connectivity index (χ1n) is 10.4. The number of aliphatic hydroxyl groups is 1. The molecule has 7 heteroatoms. The zero-order valence-electron chi connectivity index (χ0n) is 17.3. The lowest BCUT2D eigenvalue weighted by Crippen LogP contribution is -2.35. The molecular formula is C23H27N5O2. The molecule has 0 spiro atoms. The maximum absolute atomic E-state index is 12.9. The predicted octanol–water partition coefficient (Wildman–Crippen LogP) is 3.74. The molecule has 0 saturated carbocycles. The topological polar surface area (TPSA) is 83.3 Å². The largest absolute Gasteiger partial charge is 0.393 e. The lowest BCUT2D eigenvalue weighted by atomic mass is 10.1. The Balaban J connectivity index is 1.55. The van der Waals surface area contributed by atoms with Crippen molar-refractivity contribution in [2.75, 3.05) is 23.3 Å². The van der Waals surface area contributed by atoms with E-state index in [1.807, 2.05) is 47.2 Å². The second kappa shape index (κ2) is 8.67. The van der Waals surface area contributed by atoms with Crippen LogP contribution in [0.2, 0.25) is 0 Å². The third-order valence-corrected chi connectivity index (χ3v) is 5.39. The minimum atomic E-state index is -0.291. The van der Waals surface area contributed by atoms with E-state index >= 15 is 0 Å². The molecule has 1 aliphatic rings. The fourth-order valence-electron chi connectivity index (χ4n) is 3.66. The minimum Gasteiger partial charge on any atom is -0.393 e. The van der Waals surface area contributed by atoms with Crippen molar-refractivity contribution < 1.29 is 9.90 Å². The number of pyridine rings is 1. The van der Waals surface area contributed by atoms with Crippen LogP contribution < -0.4 is 10.2 Å². The van der Waals surface area contributed by atoms with E-state index in [2.05, 4.69) is 34.0 Å². The van der Waals surface area contributed by atoms with Gasteiger partial charge in [-0.3, -0.25) is 15.1 Å². The van der Waals surface area contributed by atoms with Crippen molar-refractivity contribution in [3.63, 3.8) is 0 Å². The Kier molecular flexibility index (Phi) is 5.81. The number of carbonyl (C=O) groups is 1. The second-order valence-electron chi connectivity index (χ2n) is 7.89. The summed E-state index contributed by atoms with van der Waals surface area (Å²) in [5.41, 5.74) is 3.10. The number of amides is 1. The highest BCUT2D eigenvalue weighted by Crippen LogP contribution is 2.25. The van der Waals surface area contributed by atoms with Gasteiger partial charge in [-0.1, -0.05) is 30.3 Å². The number of imidazole rings is 1. The van der Waals surface area contributed by atoms with E-state index in [-0.39, 0.29) is 18.1 Å². The van der Waals surface area contributed by atoms with Gasteiger partial charge in [0.15, 0.2) is 0 Å². The van der Waals surface area contributed by atoms with Crippen molar-refractivity contribution in [2.45, 2.75) is 38.8 Å². The van der Waals surface area contributed by atoms with E-state index in [1.165, 1.54) is 0 Å². The Bertz CT molecular complexity index is 1010. The van der Waals surface area contributed by atoms with Crippen LogP contribution in [0.4, 0.5) is 11.6 Å². The van der Waals surface area contributed by atoms with Crippen molar-refractivity contribution in [2.24, 2.45) is 0 Å². The number of piperidine rings is 1. The highest BCUT2D eigenvalue weighted by molar-refractivity contribution is 6.02. The van der Waals surface area contributed by atoms with Crippen molar-refractivity contribution >= 4 is 17.5 Å². The molecule has 0 radical (unpaired) electrons. The number of nitrogens with zero attached hydrogens (tertiary/aromatic N) is 4. The molecule has 3 aromatic rings. The molecule has 0 aliphatic carbocycles. The zero-order valence-corrected chi connectivity index (χ0v) is 17.3. The van der Waals surface area contributed by atoms with Crippen LogP contribution in [-0.2, 0) is 0 Å². The zero-order chi connectivity index (χ0) is 21.1. The van der Waals surface area contributed by atoms with Crippen molar-refractivity contribution in [3.05, 3.63) is 60.6 Å². The summed E-state index contributed by atoms with van der Waals surface area (Å²) < 4.78 is 1.95. The maximum atomic E-state index is 12.9. The summed E-state index contributed by atoms with van der Waals surface area (Å²) in [4.78, 5) is 24.0. The normalized spacial score (nSPS) is 14.9. The van der Waals surface area contributed by atoms with Crippen molar-refractivity contribution in [3.8, 4) is 11.3 Å². The first-order valence-corrected chi connectivity index (χ1v) is 10.4. The molecule has 0 bridgehead atoms. The average Bonchev–Trinajstić information content (AvgIpc) is 3.19. The summed E-state index contributed by atoms with van der Waals surface area (Å²) in [6.07, 6.45) is 4.84. The number of benzene rings is 1. The lowest BCUT2D eigenvalue weighted by Gasteiger charge is -2.31. The van der Waals surface area contributed by atoms with Crippen LogP contribution in [0, 0.1) is 0 Å². The lowest BCUT2D eigenvalue weighted by molar-refractivity contribution is 0.102. The van der Waals surface area contributed by atoms with Gasteiger partial charge in [-0.2, -0.15) is 0 Å². The minimum absolute atomic E-state index is 0.143. The van der Waals surface area contributed by atoms with Gasteiger partial charge in [-0.25, -0.2) is 4.98 Å². The first-order chi connectivity index (χ1) is 14.5. The highest BCUT2D eigenvalue weighted by atomic mass is 16.3. The van der Waals surface area contributed by atoms with E-state index in [1.54, 1.807) is 12.3 Å². The molecule has 2 aromatic heterocycles. The molecule has 4 rings (SSSR count). The molecule has 7 nitrogen and oxygen atoms in total. The number of rotatable bonds is 5. The van der Waals surface area contributed by atoms with Gasteiger partial charge in [0.1, 0.15) is 5.69 Å². The molecule has 3 heterocycles. The van der Waals surface area contributed by atoms with Crippen molar-refractivity contribution in [1.29, 1.82) is 0 Å². The molecule has 30 heavy (non-hydrogen) atoms. The number of aliphatic hydroxyl groups excluding tert-OH is 1. The van der Waals surface area contributed by atoms with Crippen LogP contribution in [0.25, 0.3) is 11.3 Å². The van der Waals surface area contributed by atoms with Gasteiger partial charge in [0, 0.05) is 42.8 Å². The number of aromatic nitrogens is 3. The summed E-state index contributed by atoms with van der Waals surface area (Å²) in [5, 5.41) is 12.7. The van der Waals surface area contributed by atoms with Gasteiger partial charge >= 0.3 is 0 Å². The number of nitrogens with one attached hydrogen (secondary N) is 1. The molecule has 1 saturated heterocycles. The van der Waals surface area contributed by atoms with Gasteiger partial charge < -0.3 is 14.6 Å². The third kappa shape index (κ3) is 4.36. The summed E-state index contributed by atoms with van der Waals surface area (Å²) in [6, 6.07) is 13.7. The fraction of sp³-hybridized carbons (Fsp3) is 0.348. The van der Waals surface area contributed by atoms with Gasteiger partial charge in [0.05, 0.1) is 11.8 Å². The fourth-order valence-corrected chi connectivity index (χ4v) is 3.66. The summed E-state index contributed by atoms with van der Waals surface area (Å²) >= 11 is 0. The van der Waals surface area contributed by atoms with Gasteiger partial charge in [-0.05, 0) is 38.8 Å². The quantitative estimate of drug-likeness (QED) is 0.676. The van der Waals surface area contributed by atoms with Crippen LogP contribution in [-0.4, -0.2) is 44.7 Å². The summed E-state index contributed by atoms with van der Waals surface area (Å²) in [6.45, 7) is 5.64. The average molecular weight is 406 g/mol. The number of hydrogen-bond acceptors (Lipinski definition) is 5. The third-order valence-electron chi connectivity index (χ3n) is 5.39. The van der Waals surface area contributed by atoms with Gasteiger partial charge in [0.2, 0.25) is 5.95 Å². The van der Waals surface area contributed by atoms with E-state index in [4.69, 9.17) is 0 Å². The molecule has 2 N–H and O–H groups in total. The molecule has 1 aliphatic heterocycles. The predicted molar refractivity (Wildman–Crippen MR) is 118 cm³/mol. The number of carbonyl (C=O) groups excluding carboxylic acids is 1. The van der Waals surface area contributed by atoms with Crippen LogP contribution in [0.5, 0.6) is 0 Å². The van der Waals surface area contributed by atoms with Crippen LogP contribution in [0.1, 0.15) is 43.2 Å². The van der Waals surface area contributed by atoms with E-state index in [0.717, 1.165) is 42.9 Å².